The maximum atomic E-state index is 11.8. The van der Waals surface area contributed by atoms with Gasteiger partial charge in [-0.2, -0.15) is 0 Å². The molecule has 1 aromatic rings. The van der Waals surface area contributed by atoms with E-state index in [1.54, 1.807) is 0 Å². The number of carbonyl (C=O) groups excluding carboxylic acids is 1. The maximum Gasteiger partial charge on any atom is 0.234 e. The third-order valence-electron chi connectivity index (χ3n) is 3.34. The number of carbonyl (C=O) groups is 1. The highest BCUT2D eigenvalue weighted by molar-refractivity contribution is 5.78. The second-order valence-corrected chi connectivity index (χ2v) is 4.94. The fourth-order valence-corrected chi connectivity index (χ4v) is 2.24. The molecule has 98 valence electrons. The van der Waals surface area contributed by atoms with E-state index in [0.29, 0.717) is 12.5 Å². The smallest absolute Gasteiger partial charge is 0.234 e. The molecule has 1 amide bonds. The van der Waals surface area contributed by atoms with Crippen LogP contribution in [-0.2, 0) is 4.79 Å². The molecule has 0 aliphatic carbocycles. The Morgan fingerprint density at radius 1 is 1.44 bits per heavy atom. The molecule has 0 saturated carbocycles. The van der Waals surface area contributed by atoms with E-state index in [2.05, 4.69) is 5.32 Å². The molecule has 2 N–H and O–H groups in total. The molecule has 2 rings (SSSR count). The SMILES string of the molecule is CC(NC(=O)CN1CC(CO)C1)c1ccccc1. The van der Waals surface area contributed by atoms with Crippen molar-refractivity contribution in [1.29, 1.82) is 0 Å². The van der Waals surface area contributed by atoms with E-state index in [4.69, 9.17) is 5.11 Å². The summed E-state index contributed by atoms with van der Waals surface area (Å²) in [7, 11) is 0. The second kappa shape index (κ2) is 5.98. The van der Waals surface area contributed by atoms with Crippen molar-refractivity contribution in [2.75, 3.05) is 26.2 Å². The fraction of sp³-hybridized carbons (Fsp3) is 0.500. The van der Waals surface area contributed by atoms with Crippen molar-refractivity contribution in [3.63, 3.8) is 0 Å². The first-order chi connectivity index (χ1) is 8.69. The Morgan fingerprint density at radius 3 is 2.72 bits per heavy atom. The Kier molecular flexibility index (Phi) is 4.33. The van der Waals surface area contributed by atoms with Crippen molar-refractivity contribution >= 4 is 5.91 Å². The number of nitrogens with one attached hydrogen (secondary N) is 1. The van der Waals surface area contributed by atoms with Crippen LogP contribution in [0.15, 0.2) is 30.3 Å². The van der Waals surface area contributed by atoms with Gasteiger partial charge in [-0.3, -0.25) is 9.69 Å². The lowest BCUT2D eigenvalue weighted by molar-refractivity contribution is -0.124. The molecule has 1 fully saturated rings. The lowest BCUT2D eigenvalue weighted by atomic mass is 10.0. The third-order valence-corrected chi connectivity index (χ3v) is 3.34. The minimum absolute atomic E-state index is 0.0358. The van der Waals surface area contributed by atoms with Crippen molar-refractivity contribution in [2.24, 2.45) is 5.92 Å². The largest absolute Gasteiger partial charge is 0.396 e. The van der Waals surface area contributed by atoms with Gasteiger partial charge in [0, 0.05) is 25.6 Å². The molecule has 1 unspecified atom stereocenters. The standard InChI is InChI=1S/C14H20N2O2/c1-11(13-5-3-2-4-6-13)15-14(18)9-16-7-12(8-16)10-17/h2-6,11-12,17H,7-10H2,1H3,(H,15,18). The predicted octanol–water partition coefficient (Wildman–Crippen LogP) is 0.788. The third kappa shape index (κ3) is 3.31. The number of nitrogens with zero attached hydrogens (tertiary/aromatic N) is 1. The Labute approximate surface area is 108 Å². The summed E-state index contributed by atoms with van der Waals surface area (Å²) in [6.45, 7) is 4.28. The first-order valence-corrected chi connectivity index (χ1v) is 6.36. The summed E-state index contributed by atoms with van der Waals surface area (Å²) in [6.07, 6.45) is 0. The Hall–Kier alpha value is -1.39. The van der Waals surface area contributed by atoms with Gasteiger partial charge in [0.15, 0.2) is 0 Å². The van der Waals surface area contributed by atoms with E-state index in [1.165, 1.54) is 0 Å². The molecule has 1 aromatic carbocycles. The average Bonchev–Trinajstić information content (AvgIpc) is 2.34. The van der Waals surface area contributed by atoms with Crippen LogP contribution in [0.2, 0.25) is 0 Å². The number of likely N-dealkylation sites (tertiary alicyclic amines) is 1. The molecule has 0 spiro atoms. The summed E-state index contributed by atoms with van der Waals surface area (Å²) in [5.41, 5.74) is 1.11. The van der Waals surface area contributed by atoms with Crippen molar-refractivity contribution < 1.29 is 9.90 Å². The molecule has 0 aromatic heterocycles. The fourth-order valence-electron chi connectivity index (χ4n) is 2.24. The number of amides is 1. The summed E-state index contributed by atoms with van der Waals surface area (Å²) in [6, 6.07) is 9.96. The quantitative estimate of drug-likeness (QED) is 0.810. The van der Waals surface area contributed by atoms with Gasteiger partial charge >= 0.3 is 0 Å². The van der Waals surface area contributed by atoms with Crippen molar-refractivity contribution in [2.45, 2.75) is 13.0 Å². The number of aliphatic hydroxyl groups excluding tert-OH is 1. The lowest BCUT2D eigenvalue weighted by Crippen LogP contribution is -2.52. The van der Waals surface area contributed by atoms with Crippen LogP contribution in [0, 0.1) is 5.92 Å². The van der Waals surface area contributed by atoms with Gasteiger partial charge in [0.25, 0.3) is 0 Å². The average molecular weight is 248 g/mol. The molecular formula is C14H20N2O2. The predicted molar refractivity (Wildman–Crippen MR) is 70.0 cm³/mol. The number of hydrogen-bond acceptors (Lipinski definition) is 3. The Bertz CT molecular complexity index is 388. The van der Waals surface area contributed by atoms with E-state index in [0.717, 1.165) is 18.7 Å². The zero-order chi connectivity index (χ0) is 13.0. The van der Waals surface area contributed by atoms with E-state index in [1.807, 2.05) is 42.2 Å². The molecule has 1 heterocycles. The number of benzene rings is 1. The maximum absolute atomic E-state index is 11.8. The van der Waals surface area contributed by atoms with Gasteiger partial charge in [0.2, 0.25) is 5.91 Å². The topological polar surface area (TPSA) is 52.6 Å². The molecule has 4 heteroatoms. The van der Waals surface area contributed by atoms with Crippen LogP contribution in [0.25, 0.3) is 0 Å². The summed E-state index contributed by atoms with van der Waals surface area (Å²) in [5.74, 6) is 0.395. The highest BCUT2D eigenvalue weighted by Gasteiger charge is 2.27. The van der Waals surface area contributed by atoms with E-state index >= 15 is 0 Å². The number of aliphatic hydroxyl groups is 1. The van der Waals surface area contributed by atoms with Gasteiger partial charge in [-0.05, 0) is 12.5 Å². The van der Waals surface area contributed by atoms with Crippen LogP contribution in [0.1, 0.15) is 18.5 Å². The van der Waals surface area contributed by atoms with Crippen LogP contribution in [0.4, 0.5) is 0 Å². The summed E-state index contributed by atoms with van der Waals surface area (Å²) < 4.78 is 0. The van der Waals surface area contributed by atoms with E-state index in [9.17, 15) is 4.79 Å². The number of hydrogen-bond donors (Lipinski definition) is 2. The molecule has 1 atom stereocenters. The lowest BCUT2D eigenvalue weighted by Gasteiger charge is -2.37. The van der Waals surface area contributed by atoms with Crippen molar-refractivity contribution in [3.8, 4) is 0 Å². The van der Waals surface area contributed by atoms with Gasteiger partial charge in [-0.1, -0.05) is 30.3 Å². The minimum Gasteiger partial charge on any atom is -0.396 e. The van der Waals surface area contributed by atoms with Crippen LogP contribution < -0.4 is 5.32 Å². The van der Waals surface area contributed by atoms with E-state index in [-0.39, 0.29) is 18.6 Å². The van der Waals surface area contributed by atoms with Crippen molar-refractivity contribution in [1.82, 2.24) is 10.2 Å². The van der Waals surface area contributed by atoms with Crippen molar-refractivity contribution in [3.05, 3.63) is 35.9 Å². The van der Waals surface area contributed by atoms with Crippen LogP contribution in [0.3, 0.4) is 0 Å². The molecule has 1 aliphatic heterocycles. The summed E-state index contributed by atoms with van der Waals surface area (Å²) >= 11 is 0. The second-order valence-electron chi connectivity index (χ2n) is 4.94. The van der Waals surface area contributed by atoms with Gasteiger partial charge in [0.05, 0.1) is 12.6 Å². The molecule has 1 saturated heterocycles. The first-order valence-electron chi connectivity index (χ1n) is 6.36. The van der Waals surface area contributed by atoms with Gasteiger partial charge in [0.1, 0.15) is 0 Å². The summed E-state index contributed by atoms with van der Waals surface area (Å²) in [5, 5.41) is 11.9. The van der Waals surface area contributed by atoms with Gasteiger partial charge in [-0.15, -0.1) is 0 Å². The molecule has 4 nitrogen and oxygen atoms in total. The molecule has 0 radical (unpaired) electrons. The zero-order valence-electron chi connectivity index (χ0n) is 10.7. The Balaban J connectivity index is 1.75. The normalized spacial score (nSPS) is 18.1. The molecular weight excluding hydrogens is 228 g/mol. The number of rotatable bonds is 5. The zero-order valence-corrected chi connectivity index (χ0v) is 10.7. The Morgan fingerprint density at radius 2 is 2.11 bits per heavy atom. The highest BCUT2D eigenvalue weighted by Crippen LogP contribution is 2.14. The van der Waals surface area contributed by atoms with Crippen LogP contribution in [-0.4, -0.2) is 42.2 Å². The van der Waals surface area contributed by atoms with Gasteiger partial charge < -0.3 is 10.4 Å². The minimum atomic E-state index is 0.0358. The first kappa shape index (κ1) is 13.1. The molecule has 0 bridgehead atoms. The summed E-state index contributed by atoms with van der Waals surface area (Å²) in [4.78, 5) is 13.9. The highest BCUT2D eigenvalue weighted by atomic mass is 16.3. The van der Waals surface area contributed by atoms with Gasteiger partial charge in [-0.25, -0.2) is 0 Å². The van der Waals surface area contributed by atoms with E-state index < -0.39 is 0 Å². The monoisotopic (exact) mass is 248 g/mol. The molecule has 1 aliphatic rings. The van der Waals surface area contributed by atoms with Crippen LogP contribution >= 0.6 is 0 Å². The van der Waals surface area contributed by atoms with Crippen LogP contribution in [0.5, 0.6) is 0 Å². The molecule has 18 heavy (non-hydrogen) atoms.